The molecular formula is C21H30N6. The first-order chi connectivity index (χ1) is 13.1. The zero-order valence-electron chi connectivity index (χ0n) is 16.6. The second kappa shape index (κ2) is 9.46. The van der Waals surface area contributed by atoms with Gasteiger partial charge in [0.1, 0.15) is 5.82 Å². The molecule has 3 heterocycles. The van der Waals surface area contributed by atoms with Crippen molar-refractivity contribution in [1.82, 2.24) is 24.6 Å². The minimum absolute atomic E-state index is 0.669. The van der Waals surface area contributed by atoms with Gasteiger partial charge in [0.15, 0.2) is 0 Å². The van der Waals surface area contributed by atoms with Crippen molar-refractivity contribution in [3.8, 4) is 0 Å². The third-order valence-corrected chi connectivity index (χ3v) is 4.73. The maximum absolute atomic E-state index is 4.71. The molecule has 0 fully saturated rings. The Morgan fingerprint density at radius 3 is 2.85 bits per heavy atom. The minimum atomic E-state index is 0.669. The number of rotatable bonds is 8. The Labute approximate surface area is 162 Å². The summed E-state index contributed by atoms with van der Waals surface area (Å²) in [6.45, 7) is 11.2. The summed E-state index contributed by atoms with van der Waals surface area (Å²) in [4.78, 5) is 10.8. The van der Waals surface area contributed by atoms with Gasteiger partial charge >= 0.3 is 0 Å². The van der Waals surface area contributed by atoms with E-state index in [1.807, 2.05) is 0 Å². The van der Waals surface area contributed by atoms with Crippen molar-refractivity contribution in [3.05, 3.63) is 59.3 Å². The van der Waals surface area contributed by atoms with Gasteiger partial charge in [0.25, 0.3) is 0 Å². The summed E-state index contributed by atoms with van der Waals surface area (Å²) in [5.41, 5.74) is 5.20. The van der Waals surface area contributed by atoms with Crippen LogP contribution in [0.4, 0.5) is 5.82 Å². The second-order valence-electron chi connectivity index (χ2n) is 7.40. The molecule has 0 unspecified atom stereocenters. The summed E-state index contributed by atoms with van der Waals surface area (Å²) in [7, 11) is 0. The molecule has 0 spiro atoms. The molecule has 144 valence electrons. The average molecular weight is 367 g/mol. The predicted molar refractivity (Wildman–Crippen MR) is 109 cm³/mol. The fourth-order valence-corrected chi connectivity index (χ4v) is 3.17. The molecule has 1 N–H and O–H groups in total. The lowest BCUT2D eigenvalue weighted by Gasteiger charge is -2.26. The molecular weight excluding hydrogens is 336 g/mol. The number of nitrogens with zero attached hydrogens (tertiary/aromatic N) is 5. The molecule has 1 aliphatic heterocycles. The summed E-state index contributed by atoms with van der Waals surface area (Å²) >= 11 is 0. The highest BCUT2D eigenvalue weighted by Crippen LogP contribution is 2.15. The summed E-state index contributed by atoms with van der Waals surface area (Å²) in [5, 5.41) is 7.98. The molecule has 0 atom stereocenters. The number of nitrogens with one attached hydrogen (secondary N) is 1. The van der Waals surface area contributed by atoms with Gasteiger partial charge in [-0.2, -0.15) is 5.10 Å². The number of hydrogen-bond donors (Lipinski definition) is 1. The molecule has 27 heavy (non-hydrogen) atoms. The quantitative estimate of drug-likeness (QED) is 0.720. The van der Waals surface area contributed by atoms with Crippen molar-refractivity contribution < 1.29 is 0 Å². The van der Waals surface area contributed by atoms with E-state index in [1.165, 1.54) is 16.8 Å². The van der Waals surface area contributed by atoms with Gasteiger partial charge in [-0.25, -0.2) is 4.98 Å². The Bertz CT molecular complexity index is 786. The van der Waals surface area contributed by atoms with Crippen LogP contribution in [0.1, 0.15) is 45.0 Å². The first kappa shape index (κ1) is 19.3. The molecule has 1 aliphatic rings. The average Bonchev–Trinajstić information content (AvgIpc) is 3.07. The molecule has 3 rings (SSSR count). The van der Waals surface area contributed by atoms with Crippen LogP contribution in [0.3, 0.4) is 0 Å². The molecule has 0 amide bonds. The van der Waals surface area contributed by atoms with Crippen LogP contribution < -0.4 is 5.32 Å². The van der Waals surface area contributed by atoms with Gasteiger partial charge in [-0.15, -0.1) is 0 Å². The minimum Gasteiger partial charge on any atom is -0.363 e. The van der Waals surface area contributed by atoms with Gasteiger partial charge in [0.05, 0.1) is 30.7 Å². The normalized spacial score (nSPS) is 14.7. The van der Waals surface area contributed by atoms with Crippen molar-refractivity contribution in [2.24, 2.45) is 0 Å². The van der Waals surface area contributed by atoms with Gasteiger partial charge in [0.2, 0.25) is 0 Å². The highest BCUT2D eigenvalue weighted by Gasteiger charge is 2.17. The number of anilines is 1. The van der Waals surface area contributed by atoms with E-state index < -0.39 is 0 Å². The summed E-state index contributed by atoms with van der Waals surface area (Å²) in [6, 6.07) is 2.20. The van der Waals surface area contributed by atoms with Crippen LogP contribution in [0.5, 0.6) is 0 Å². The SMILES string of the molecule is CC(C)=CCC/C(C)=C/CN1CCn2nc(CNc3cnccn3)cc2C1. The summed E-state index contributed by atoms with van der Waals surface area (Å²) in [5.74, 6) is 0.777. The van der Waals surface area contributed by atoms with Crippen LogP contribution in [0.15, 0.2) is 48.0 Å². The van der Waals surface area contributed by atoms with Crippen LogP contribution in [-0.2, 0) is 19.6 Å². The number of aromatic nitrogens is 4. The van der Waals surface area contributed by atoms with Crippen LogP contribution >= 0.6 is 0 Å². The van der Waals surface area contributed by atoms with E-state index in [1.54, 1.807) is 18.6 Å². The predicted octanol–water partition coefficient (Wildman–Crippen LogP) is 3.79. The van der Waals surface area contributed by atoms with E-state index in [0.29, 0.717) is 6.54 Å². The molecule has 0 saturated carbocycles. The Morgan fingerprint density at radius 2 is 2.07 bits per heavy atom. The zero-order chi connectivity index (χ0) is 19.1. The third kappa shape index (κ3) is 6.03. The zero-order valence-corrected chi connectivity index (χ0v) is 16.6. The second-order valence-corrected chi connectivity index (χ2v) is 7.40. The topological polar surface area (TPSA) is 58.9 Å². The van der Waals surface area contributed by atoms with Gasteiger partial charge in [-0.05, 0) is 39.7 Å². The third-order valence-electron chi connectivity index (χ3n) is 4.73. The van der Waals surface area contributed by atoms with E-state index >= 15 is 0 Å². The van der Waals surface area contributed by atoms with Crippen LogP contribution in [0.2, 0.25) is 0 Å². The van der Waals surface area contributed by atoms with E-state index in [2.05, 4.69) is 63.9 Å². The first-order valence-electron chi connectivity index (χ1n) is 9.67. The molecule has 0 saturated heterocycles. The van der Waals surface area contributed by atoms with Gasteiger partial charge < -0.3 is 5.32 Å². The molecule has 6 nitrogen and oxygen atoms in total. The smallest absolute Gasteiger partial charge is 0.144 e. The summed E-state index contributed by atoms with van der Waals surface area (Å²) < 4.78 is 2.13. The van der Waals surface area contributed by atoms with E-state index in [-0.39, 0.29) is 0 Å². The van der Waals surface area contributed by atoms with E-state index in [9.17, 15) is 0 Å². The first-order valence-corrected chi connectivity index (χ1v) is 9.67. The highest BCUT2D eigenvalue weighted by molar-refractivity contribution is 5.31. The Morgan fingerprint density at radius 1 is 1.19 bits per heavy atom. The van der Waals surface area contributed by atoms with Crippen LogP contribution in [0.25, 0.3) is 0 Å². The molecule has 2 aromatic rings. The highest BCUT2D eigenvalue weighted by atomic mass is 15.3. The van der Waals surface area contributed by atoms with Crippen LogP contribution in [0, 0.1) is 0 Å². The van der Waals surface area contributed by atoms with E-state index in [4.69, 9.17) is 5.10 Å². The lowest BCUT2D eigenvalue weighted by atomic mass is 10.1. The fourth-order valence-electron chi connectivity index (χ4n) is 3.17. The molecule has 0 aliphatic carbocycles. The van der Waals surface area contributed by atoms with Crippen LogP contribution in [-0.4, -0.2) is 37.7 Å². The Kier molecular flexibility index (Phi) is 6.76. The van der Waals surface area contributed by atoms with Crippen molar-refractivity contribution in [1.29, 1.82) is 0 Å². The van der Waals surface area contributed by atoms with Crippen molar-refractivity contribution in [2.75, 3.05) is 18.4 Å². The largest absolute Gasteiger partial charge is 0.363 e. The van der Waals surface area contributed by atoms with Gasteiger partial charge in [-0.3, -0.25) is 14.6 Å². The van der Waals surface area contributed by atoms with E-state index in [0.717, 1.165) is 50.5 Å². The Hall–Kier alpha value is -2.47. The molecule has 2 aromatic heterocycles. The van der Waals surface area contributed by atoms with Crippen molar-refractivity contribution >= 4 is 5.82 Å². The van der Waals surface area contributed by atoms with Gasteiger partial charge in [-0.1, -0.05) is 23.3 Å². The fraction of sp³-hybridized carbons (Fsp3) is 0.476. The number of allylic oxidation sites excluding steroid dienone is 3. The monoisotopic (exact) mass is 366 g/mol. The standard InChI is InChI=1S/C21H30N6/c1-17(2)5-4-6-18(3)7-10-26-11-12-27-20(16-26)13-19(25-27)14-24-21-15-22-8-9-23-21/h5,7-9,13,15H,4,6,10-12,14,16H2,1-3H3,(H,23,24)/b18-7+. The maximum atomic E-state index is 4.71. The number of hydrogen-bond acceptors (Lipinski definition) is 5. The number of fused-ring (bicyclic) bond motifs is 1. The van der Waals surface area contributed by atoms with Crippen molar-refractivity contribution in [3.63, 3.8) is 0 Å². The molecule has 0 aromatic carbocycles. The molecule has 6 heteroatoms. The lowest BCUT2D eigenvalue weighted by molar-refractivity contribution is 0.234. The molecule has 0 bridgehead atoms. The lowest BCUT2D eigenvalue weighted by Crippen LogP contribution is -2.34. The maximum Gasteiger partial charge on any atom is 0.144 e. The Balaban J connectivity index is 1.49. The summed E-state index contributed by atoms with van der Waals surface area (Å²) in [6.07, 6.45) is 12.1. The van der Waals surface area contributed by atoms with Gasteiger partial charge in [0, 0.05) is 32.0 Å². The molecule has 0 radical (unpaired) electrons. The van der Waals surface area contributed by atoms with Crippen molar-refractivity contribution in [2.45, 2.75) is 53.2 Å².